The van der Waals surface area contributed by atoms with Gasteiger partial charge in [0.25, 0.3) is 0 Å². The zero-order valence-corrected chi connectivity index (χ0v) is 16.9. The van der Waals surface area contributed by atoms with Gasteiger partial charge in [-0.25, -0.2) is 4.79 Å². The molecule has 10 heteroatoms. The summed E-state index contributed by atoms with van der Waals surface area (Å²) >= 11 is 0. The highest BCUT2D eigenvalue weighted by atomic mass is 19.4. The molecule has 1 aromatic carbocycles. The van der Waals surface area contributed by atoms with E-state index in [0.29, 0.717) is 12.1 Å². The Labute approximate surface area is 173 Å². The number of amides is 2. The van der Waals surface area contributed by atoms with Crippen LogP contribution in [0.4, 0.5) is 23.7 Å². The van der Waals surface area contributed by atoms with E-state index in [1.54, 1.807) is 11.8 Å². The van der Waals surface area contributed by atoms with Crippen LogP contribution in [-0.4, -0.2) is 76.6 Å². The number of hydrogen-bond acceptors (Lipinski definition) is 4. The van der Waals surface area contributed by atoms with Crippen molar-refractivity contribution in [3.8, 4) is 0 Å². The molecule has 2 amide bonds. The molecule has 2 fully saturated rings. The second-order valence-corrected chi connectivity index (χ2v) is 7.97. The van der Waals surface area contributed by atoms with Crippen LogP contribution in [0.3, 0.4) is 0 Å². The van der Waals surface area contributed by atoms with Crippen LogP contribution in [-0.2, 0) is 17.4 Å². The average molecular weight is 428 g/mol. The van der Waals surface area contributed by atoms with E-state index in [9.17, 15) is 27.9 Å². The van der Waals surface area contributed by atoms with E-state index in [1.165, 1.54) is 11.0 Å². The van der Waals surface area contributed by atoms with Crippen molar-refractivity contribution in [2.45, 2.75) is 44.4 Å². The Kier molecular flexibility index (Phi) is 6.44. The molecule has 0 aliphatic carbocycles. The van der Waals surface area contributed by atoms with Crippen LogP contribution in [0.1, 0.15) is 30.9 Å². The minimum absolute atomic E-state index is 0.0773. The first kappa shape index (κ1) is 22.2. The molecule has 166 valence electrons. The van der Waals surface area contributed by atoms with E-state index >= 15 is 0 Å². The highest BCUT2D eigenvalue weighted by molar-refractivity contribution is 5.81. The van der Waals surface area contributed by atoms with Gasteiger partial charge in [-0.2, -0.15) is 13.2 Å². The smallest absolute Gasteiger partial charge is 0.416 e. The van der Waals surface area contributed by atoms with Crippen LogP contribution in [0.5, 0.6) is 0 Å². The van der Waals surface area contributed by atoms with Gasteiger partial charge in [-0.1, -0.05) is 6.07 Å². The lowest BCUT2D eigenvalue weighted by atomic mass is 10.00. The molecule has 1 aromatic rings. The number of nitrogens with zero attached hydrogens (tertiary/aromatic N) is 3. The maximum Gasteiger partial charge on any atom is 0.416 e. The Hall–Kier alpha value is -2.49. The number of benzene rings is 1. The standard InChI is InChI=1S/C20H27F3N4O3/c1-13-17(12-25-6-2-3-7-25)27(9-8-26(13)19(29)30)18(28)10-14-4-5-15(11-16(14)24)20(21,22)23/h4-5,11,13,17H,2-3,6-10,12,24H2,1H3,(H,29,30)/t13-,17+/m1/s1. The third-order valence-electron chi connectivity index (χ3n) is 6.06. The largest absolute Gasteiger partial charge is 0.465 e. The summed E-state index contributed by atoms with van der Waals surface area (Å²) in [6.07, 6.45) is -3.51. The first-order valence-corrected chi connectivity index (χ1v) is 10.0. The molecule has 3 rings (SSSR count). The van der Waals surface area contributed by atoms with Crippen molar-refractivity contribution in [3.05, 3.63) is 29.3 Å². The maximum atomic E-state index is 13.1. The molecule has 2 atom stereocenters. The van der Waals surface area contributed by atoms with E-state index in [0.717, 1.165) is 38.1 Å². The topological polar surface area (TPSA) is 90.1 Å². The quantitative estimate of drug-likeness (QED) is 0.720. The lowest BCUT2D eigenvalue weighted by Gasteiger charge is -2.46. The highest BCUT2D eigenvalue weighted by Crippen LogP contribution is 2.32. The van der Waals surface area contributed by atoms with Crippen molar-refractivity contribution in [2.24, 2.45) is 0 Å². The Bertz CT molecular complexity index is 796. The molecule has 0 radical (unpaired) electrons. The van der Waals surface area contributed by atoms with Crippen LogP contribution in [0.15, 0.2) is 18.2 Å². The number of nitrogen functional groups attached to an aromatic ring is 1. The molecule has 0 spiro atoms. The van der Waals surface area contributed by atoms with Gasteiger partial charge in [0.05, 0.1) is 24.1 Å². The molecular formula is C20H27F3N4O3. The van der Waals surface area contributed by atoms with Gasteiger partial charge in [0, 0.05) is 25.3 Å². The fourth-order valence-corrected chi connectivity index (χ4v) is 4.31. The third kappa shape index (κ3) is 4.80. The van der Waals surface area contributed by atoms with Crippen LogP contribution < -0.4 is 5.73 Å². The lowest BCUT2D eigenvalue weighted by molar-refractivity contribution is -0.137. The molecule has 2 aliphatic heterocycles. The number of piperazine rings is 1. The predicted octanol–water partition coefficient (Wildman–Crippen LogP) is 2.51. The molecule has 2 aliphatic rings. The molecule has 3 N–H and O–H groups in total. The molecule has 0 saturated carbocycles. The van der Waals surface area contributed by atoms with E-state index in [2.05, 4.69) is 4.90 Å². The van der Waals surface area contributed by atoms with E-state index in [1.807, 2.05) is 0 Å². The summed E-state index contributed by atoms with van der Waals surface area (Å²) in [7, 11) is 0. The van der Waals surface area contributed by atoms with E-state index in [4.69, 9.17) is 5.73 Å². The number of anilines is 1. The van der Waals surface area contributed by atoms with Crippen LogP contribution >= 0.6 is 0 Å². The van der Waals surface area contributed by atoms with Crippen LogP contribution in [0.2, 0.25) is 0 Å². The summed E-state index contributed by atoms with van der Waals surface area (Å²) < 4.78 is 38.6. The summed E-state index contributed by atoms with van der Waals surface area (Å²) in [6.45, 7) is 4.62. The maximum absolute atomic E-state index is 13.1. The second kappa shape index (κ2) is 8.71. The van der Waals surface area contributed by atoms with Crippen molar-refractivity contribution >= 4 is 17.7 Å². The number of hydrogen-bond donors (Lipinski definition) is 2. The van der Waals surface area contributed by atoms with Crippen molar-refractivity contribution in [2.75, 3.05) is 38.5 Å². The summed E-state index contributed by atoms with van der Waals surface area (Å²) in [5, 5.41) is 9.48. The van der Waals surface area contributed by atoms with Gasteiger partial charge < -0.3 is 25.5 Å². The lowest BCUT2D eigenvalue weighted by Crippen LogP contribution is -2.64. The number of alkyl halides is 3. The summed E-state index contributed by atoms with van der Waals surface area (Å²) in [5.41, 5.74) is 5.19. The number of carboxylic acid groups (broad SMARTS) is 1. The molecule has 2 heterocycles. The van der Waals surface area contributed by atoms with Gasteiger partial charge in [-0.15, -0.1) is 0 Å². The first-order chi connectivity index (χ1) is 14.1. The van der Waals surface area contributed by atoms with Crippen LogP contribution in [0.25, 0.3) is 0 Å². The number of nitrogens with two attached hydrogens (primary N) is 1. The summed E-state index contributed by atoms with van der Waals surface area (Å²) in [6, 6.07) is 2.30. The highest BCUT2D eigenvalue weighted by Gasteiger charge is 2.39. The first-order valence-electron chi connectivity index (χ1n) is 10.0. The monoisotopic (exact) mass is 428 g/mol. The number of carbonyl (C=O) groups is 2. The van der Waals surface area contributed by atoms with Gasteiger partial charge in [0.1, 0.15) is 0 Å². The van der Waals surface area contributed by atoms with Gasteiger partial charge in [-0.05, 0) is 50.6 Å². The van der Waals surface area contributed by atoms with E-state index < -0.39 is 17.8 Å². The van der Waals surface area contributed by atoms with Crippen molar-refractivity contribution in [3.63, 3.8) is 0 Å². The SMILES string of the molecule is C[C@@H]1[C@H](CN2CCCC2)N(C(=O)Cc2ccc(C(F)(F)F)cc2N)CCN1C(=O)O. The Morgan fingerprint density at radius 1 is 1.13 bits per heavy atom. The average Bonchev–Trinajstić information content (AvgIpc) is 3.16. The fourth-order valence-electron chi connectivity index (χ4n) is 4.31. The molecule has 0 aromatic heterocycles. The molecule has 2 saturated heterocycles. The Balaban J connectivity index is 1.77. The number of carbonyl (C=O) groups excluding carboxylic acids is 1. The number of likely N-dealkylation sites (tertiary alicyclic amines) is 1. The fraction of sp³-hybridized carbons (Fsp3) is 0.600. The predicted molar refractivity (Wildman–Crippen MR) is 105 cm³/mol. The second-order valence-electron chi connectivity index (χ2n) is 7.97. The third-order valence-corrected chi connectivity index (χ3v) is 6.06. The molecule has 0 unspecified atom stereocenters. The zero-order valence-electron chi connectivity index (χ0n) is 16.9. The van der Waals surface area contributed by atoms with E-state index in [-0.39, 0.29) is 43.2 Å². The zero-order chi connectivity index (χ0) is 22.1. The minimum atomic E-state index is -4.50. The minimum Gasteiger partial charge on any atom is -0.465 e. The van der Waals surface area contributed by atoms with Crippen LogP contribution in [0, 0.1) is 0 Å². The van der Waals surface area contributed by atoms with Gasteiger partial charge in [-0.3, -0.25) is 4.79 Å². The van der Waals surface area contributed by atoms with Crippen molar-refractivity contribution < 1.29 is 27.9 Å². The summed E-state index contributed by atoms with van der Waals surface area (Å²) in [5.74, 6) is -0.262. The molecular weight excluding hydrogens is 401 g/mol. The Morgan fingerprint density at radius 3 is 2.33 bits per heavy atom. The van der Waals surface area contributed by atoms with Gasteiger partial charge >= 0.3 is 12.3 Å². The van der Waals surface area contributed by atoms with Crippen molar-refractivity contribution in [1.29, 1.82) is 0 Å². The molecule has 0 bridgehead atoms. The number of rotatable bonds is 4. The normalized spacial score (nSPS) is 23.1. The summed E-state index contributed by atoms with van der Waals surface area (Å²) in [4.78, 5) is 29.9. The Morgan fingerprint density at radius 2 is 1.77 bits per heavy atom. The molecule has 30 heavy (non-hydrogen) atoms. The molecule has 7 nitrogen and oxygen atoms in total. The number of halogens is 3. The van der Waals surface area contributed by atoms with Gasteiger partial charge in [0.15, 0.2) is 0 Å². The van der Waals surface area contributed by atoms with Crippen molar-refractivity contribution in [1.82, 2.24) is 14.7 Å². The van der Waals surface area contributed by atoms with Gasteiger partial charge in [0.2, 0.25) is 5.91 Å².